The number of rotatable bonds is 5. The molecule has 1 aliphatic rings. The van der Waals surface area contributed by atoms with Gasteiger partial charge in [-0.2, -0.15) is 0 Å². The smallest absolute Gasteiger partial charge is 0.0426 e. The van der Waals surface area contributed by atoms with Gasteiger partial charge in [0.2, 0.25) is 0 Å². The van der Waals surface area contributed by atoms with E-state index in [9.17, 15) is 0 Å². The largest absolute Gasteiger partial charge is 0.371 e. The minimum Gasteiger partial charge on any atom is -0.371 e. The van der Waals surface area contributed by atoms with Crippen molar-refractivity contribution in [3.8, 4) is 0 Å². The Morgan fingerprint density at radius 2 is 2.05 bits per heavy atom. The third-order valence-electron chi connectivity index (χ3n) is 4.31. The van der Waals surface area contributed by atoms with E-state index in [2.05, 4.69) is 31.0 Å². The molecule has 2 N–H and O–H groups in total. The first-order valence-corrected chi connectivity index (χ1v) is 7.76. The van der Waals surface area contributed by atoms with E-state index >= 15 is 0 Å². The van der Waals surface area contributed by atoms with E-state index < -0.39 is 0 Å². The van der Waals surface area contributed by atoms with Gasteiger partial charge in [-0.3, -0.25) is 0 Å². The summed E-state index contributed by atoms with van der Waals surface area (Å²) in [5, 5.41) is 0.814. The molecule has 2 nitrogen and oxygen atoms in total. The van der Waals surface area contributed by atoms with Crippen LogP contribution in [-0.4, -0.2) is 19.1 Å². The predicted molar refractivity (Wildman–Crippen MR) is 84.1 cm³/mol. The molecule has 0 heterocycles. The van der Waals surface area contributed by atoms with E-state index in [4.69, 9.17) is 17.3 Å². The highest BCUT2D eigenvalue weighted by Crippen LogP contribution is 2.31. The van der Waals surface area contributed by atoms with Crippen LogP contribution in [0.5, 0.6) is 0 Å². The van der Waals surface area contributed by atoms with Gasteiger partial charge in [0.15, 0.2) is 0 Å². The fraction of sp³-hybridized carbons (Fsp3) is 0.625. The van der Waals surface area contributed by atoms with Gasteiger partial charge in [-0.1, -0.05) is 37.4 Å². The van der Waals surface area contributed by atoms with Gasteiger partial charge in [0, 0.05) is 29.8 Å². The lowest BCUT2D eigenvalue weighted by Crippen LogP contribution is -2.31. The summed E-state index contributed by atoms with van der Waals surface area (Å²) in [5.74, 6) is 0. The molecule has 106 valence electrons. The highest BCUT2D eigenvalue weighted by atomic mass is 35.5. The summed E-state index contributed by atoms with van der Waals surface area (Å²) < 4.78 is 0. The van der Waals surface area contributed by atoms with E-state index in [0.717, 1.165) is 17.9 Å². The Balaban J connectivity index is 2.22. The maximum Gasteiger partial charge on any atom is 0.0426 e. The average molecular weight is 281 g/mol. The Labute approximate surface area is 121 Å². The molecule has 1 aromatic rings. The van der Waals surface area contributed by atoms with E-state index in [0.29, 0.717) is 6.04 Å². The molecule has 0 radical (unpaired) electrons. The van der Waals surface area contributed by atoms with Crippen molar-refractivity contribution in [3.05, 3.63) is 28.8 Å². The van der Waals surface area contributed by atoms with Crippen LogP contribution in [0.15, 0.2) is 18.2 Å². The summed E-state index contributed by atoms with van der Waals surface area (Å²) in [6, 6.07) is 7.11. The number of halogens is 1. The topological polar surface area (TPSA) is 29.3 Å². The molecule has 0 amide bonds. The fourth-order valence-electron chi connectivity index (χ4n) is 2.95. The van der Waals surface area contributed by atoms with E-state index in [-0.39, 0.29) is 6.04 Å². The summed E-state index contributed by atoms with van der Waals surface area (Å²) in [6.07, 6.45) is 7.22. The van der Waals surface area contributed by atoms with Crippen molar-refractivity contribution >= 4 is 17.3 Å². The summed E-state index contributed by atoms with van der Waals surface area (Å²) in [6.45, 7) is 2.14. The molecule has 1 unspecified atom stereocenters. The van der Waals surface area contributed by atoms with Crippen LogP contribution < -0.4 is 10.6 Å². The van der Waals surface area contributed by atoms with Gasteiger partial charge in [-0.15, -0.1) is 0 Å². The Morgan fingerprint density at radius 1 is 1.37 bits per heavy atom. The lowest BCUT2D eigenvalue weighted by molar-refractivity contribution is 0.629. The minimum atomic E-state index is 0.233. The molecule has 19 heavy (non-hydrogen) atoms. The number of anilines is 1. The molecular weight excluding hydrogens is 256 g/mol. The van der Waals surface area contributed by atoms with Gasteiger partial charge in [0.25, 0.3) is 0 Å². The Bertz CT molecular complexity index is 413. The Morgan fingerprint density at radius 3 is 2.68 bits per heavy atom. The molecule has 1 saturated carbocycles. The van der Waals surface area contributed by atoms with Gasteiger partial charge < -0.3 is 10.6 Å². The Kier molecular flexibility index (Phi) is 5.12. The number of nitrogens with two attached hydrogens (primary N) is 1. The standard InChI is InChI=1S/C16H25ClN2/c1-3-14(18)10-12-8-9-13(17)11-16(12)19(2)15-6-4-5-7-15/h8-9,11,14-15H,3-7,10,18H2,1-2H3. The third-order valence-corrected chi connectivity index (χ3v) is 4.54. The quantitative estimate of drug-likeness (QED) is 0.883. The van der Waals surface area contributed by atoms with Crippen LogP contribution in [-0.2, 0) is 6.42 Å². The van der Waals surface area contributed by atoms with Crippen LogP contribution in [0.2, 0.25) is 5.02 Å². The van der Waals surface area contributed by atoms with Crippen LogP contribution in [0, 0.1) is 0 Å². The van der Waals surface area contributed by atoms with Crippen molar-refractivity contribution in [2.24, 2.45) is 5.73 Å². The summed E-state index contributed by atoms with van der Waals surface area (Å²) >= 11 is 6.18. The maximum atomic E-state index is 6.18. The lowest BCUT2D eigenvalue weighted by atomic mass is 10.0. The van der Waals surface area contributed by atoms with Crippen LogP contribution in [0.25, 0.3) is 0 Å². The van der Waals surface area contributed by atoms with E-state index in [1.54, 1.807) is 0 Å². The first kappa shape index (κ1) is 14.7. The third kappa shape index (κ3) is 3.64. The second-order valence-electron chi connectivity index (χ2n) is 5.69. The number of hydrogen-bond acceptors (Lipinski definition) is 2. The summed E-state index contributed by atoms with van der Waals surface area (Å²) in [4.78, 5) is 2.41. The molecule has 1 atom stereocenters. The minimum absolute atomic E-state index is 0.233. The number of hydrogen-bond donors (Lipinski definition) is 1. The first-order valence-electron chi connectivity index (χ1n) is 7.38. The molecule has 1 aliphatic carbocycles. The zero-order valence-electron chi connectivity index (χ0n) is 12.0. The zero-order chi connectivity index (χ0) is 13.8. The van der Waals surface area contributed by atoms with Gasteiger partial charge in [0.1, 0.15) is 0 Å². The summed E-state index contributed by atoms with van der Waals surface area (Å²) in [5.41, 5.74) is 8.71. The molecule has 2 rings (SSSR count). The van der Waals surface area contributed by atoms with Gasteiger partial charge in [-0.05, 0) is 43.4 Å². The molecule has 0 aliphatic heterocycles. The molecule has 1 fully saturated rings. The highest BCUT2D eigenvalue weighted by molar-refractivity contribution is 6.30. The molecule has 1 aromatic carbocycles. The van der Waals surface area contributed by atoms with Gasteiger partial charge in [-0.25, -0.2) is 0 Å². The maximum absolute atomic E-state index is 6.18. The zero-order valence-corrected chi connectivity index (χ0v) is 12.8. The van der Waals surface area contributed by atoms with E-state index in [1.165, 1.54) is 36.9 Å². The number of benzene rings is 1. The molecular formula is C16H25ClN2. The predicted octanol–water partition coefficient (Wildman–Crippen LogP) is 4.00. The van der Waals surface area contributed by atoms with Crippen molar-refractivity contribution in [1.29, 1.82) is 0 Å². The molecule has 0 bridgehead atoms. The monoisotopic (exact) mass is 280 g/mol. The van der Waals surface area contributed by atoms with E-state index in [1.807, 2.05) is 6.07 Å². The summed E-state index contributed by atoms with van der Waals surface area (Å²) in [7, 11) is 2.20. The van der Waals surface area contributed by atoms with Gasteiger partial charge in [0.05, 0.1) is 0 Å². The molecule has 0 spiro atoms. The lowest BCUT2D eigenvalue weighted by Gasteiger charge is -2.29. The highest BCUT2D eigenvalue weighted by Gasteiger charge is 2.22. The fourth-order valence-corrected chi connectivity index (χ4v) is 3.12. The normalized spacial score (nSPS) is 17.7. The first-order chi connectivity index (χ1) is 9.11. The molecule has 0 aromatic heterocycles. The molecule has 0 saturated heterocycles. The van der Waals surface area contributed by atoms with Crippen LogP contribution in [0.4, 0.5) is 5.69 Å². The van der Waals surface area contributed by atoms with Crippen molar-refractivity contribution in [3.63, 3.8) is 0 Å². The SMILES string of the molecule is CCC(N)Cc1ccc(Cl)cc1N(C)C1CCCC1. The van der Waals surface area contributed by atoms with Crippen molar-refractivity contribution in [1.82, 2.24) is 0 Å². The van der Waals surface area contributed by atoms with Crippen molar-refractivity contribution < 1.29 is 0 Å². The number of nitrogens with zero attached hydrogens (tertiary/aromatic N) is 1. The van der Waals surface area contributed by atoms with Crippen LogP contribution in [0.1, 0.15) is 44.6 Å². The second-order valence-corrected chi connectivity index (χ2v) is 6.13. The van der Waals surface area contributed by atoms with Gasteiger partial charge >= 0.3 is 0 Å². The second kappa shape index (κ2) is 6.62. The average Bonchev–Trinajstić information content (AvgIpc) is 2.93. The van der Waals surface area contributed by atoms with Crippen molar-refractivity contribution in [2.45, 2.75) is 57.5 Å². The van der Waals surface area contributed by atoms with Crippen LogP contribution in [0.3, 0.4) is 0 Å². The Hall–Kier alpha value is -0.730. The van der Waals surface area contributed by atoms with Crippen LogP contribution >= 0.6 is 11.6 Å². The van der Waals surface area contributed by atoms with Crippen molar-refractivity contribution in [2.75, 3.05) is 11.9 Å². The molecule has 3 heteroatoms.